The van der Waals surface area contributed by atoms with E-state index in [1.807, 2.05) is 12.4 Å². The second-order valence-electron chi connectivity index (χ2n) is 5.96. The molecule has 20 heavy (non-hydrogen) atoms. The minimum Gasteiger partial charge on any atom is -0.339 e. The van der Waals surface area contributed by atoms with Gasteiger partial charge < -0.3 is 10.2 Å². The summed E-state index contributed by atoms with van der Waals surface area (Å²) in [4.78, 5) is 14.0. The lowest BCUT2D eigenvalue weighted by Gasteiger charge is -2.25. The van der Waals surface area contributed by atoms with Gasteiger partial charge in [-0.25, -0.2) is 9.97 Å². The van der Waals surface area contributed by atoms with E-state index in [9.17, 15) is 0 Å². The number of hydrogen-bond acceptors (Lipinski definition) is 5. The molecule has 3 rings (SSSR count). The largest absolute Gasteiger partial charge is 0.339 e. The van der Waals surface area contributed by atoms with Crippen molar-refractivity contribution in [3.8, 4) is 0 Å². The highest BCUT2D eigenvalue weighted by molar-refractivity contribution is 5.31. The molecule has 110 valence electrons. The van der Waals surface area contributed by atoms with Crippen LogP contribution in [0.4, 0.5) is 5.95 Å². The fourth-order valence-electron chi connectivity index (χ4n) is 3.36. The number of hydrogen-bond donors (Lipinski definition) is 1. The summed E-state index contributed by atoms with van der Waals surface area (Å²) in [7, 11) is 2.27. The number of aromatic nitrogens is 2. The number of anilines is 1. The topological polar surface area (TPSA) is 44.3 Å². The Morgan fingerprint density at radius 2 is 1.95 bits per heavy atom. The third-order valence-corrected chi connectivity index (χ3v) is 4.70. The van der Waals surface area contributed by atoms with Crippen LogP contribution in [0, 0.1) is 0 Å². The average Bonchev–Trinajstić information content (AvgIpc) is 2.71. The second kappa shape index (κ2) is 6.06. The third kappa shape index (κ3) is 2.79. The highest BCUT2D eigenvalue weighted by Gasteiger charge is 2.35. The van der Waals surface area contributed by atoms with E-state index in [4.69, 9.17) is 0 Å². The molecule has 3 heterocycles. The first-order chi connectivity index (χ1) is 9.78. The molecule has 5 nitrogen and oxygen atoms in total. The molecule has 5 heteroatoms. The van der Waals surface area contributed by atoms with Gasteiger partial charge in [-0.15, -0.1) is 0 Å². The van der Waals surface area contributed by atoms with E-state index < -0.39 is 0 Å². The molecule has 1 aromatic rings. The summed E-state index contributed by atoms with van der Waals surface area (Å²) in [5, 5.41) is 3.30. The van der Waals surface area contributed by atoms with E-state index in [2.05, 4.69) is 39.1 Å². The van der Waals surface area contributed by atoms with Crippen LogP contribution < -0.4 is 10.2 Å². The molecule has 2 unspecified atom stereocenters. The van der Waals surface area contributed by atoms with Crippen LogP contribution in [0.3, 0.4) is 0 Å². The number of likely N-dealkylation sites (N-methyl/N-ethyl adjacent to an activating group) is 1. The highest BCUT2D eigenvalue weighted by atomic mass is 15.3. The molecule has 1 N–H and O–H groups in total. The van der Waals surface area contributed by atoms with Crippen LogP contribution in [0.5, 0.6) is 0 Å². The lowest BCUT2D eigenvalue weighted by molar-refractivity contribution is 0.254. The van der Waals surface area contributed by atoms with Crippen molar-refractivity contribution in [1.29, 1.82) is 0 Å². The van der Waals surface area contributed by atoms with Gasteiger partial charge in [-0.2, -0.15) is 0 Å². The van der Waals surface area contributed by atoms with Crippen molar-refractivity contribution < 1.29 is 0 Å². The summed E-state index contributed by atoms with van der Waals surface area (Å²) in [6, 6.07) is 1.44. The second-order valence-corrected chi connectivity index (χ2v) is 5.96. The van der Waals surface area contributed by atoms with Gasteiger partial charge in [0, 0.05) is 49.7 Å². The first kappa shape index (κ1) is 13.8. The first-order valence-corrected chi connectivity index (χ1v) is 7.76. The zero-order valence-corrected chi connectivity index (χ0v) is 12.5. The van der Waals surface area contributed by atoms with Crippen molar-refractivity contribution in [1.82, 2.24) is 20.2 Å². The molecule has 0 aromatic carbocycles. The fraction of sp³-hybridized carbons (Fsp3) is 0.733. The van der Waals surface area contributed by atoms with Gasteiger partial charge in [-0.1, -0.05) is 6.92 Å². The van der Waals surface area contributed by atoms with E-state index in [0.717, 1.165) is 43.7 Å². The van der Waals surface area contributed by atoms with Crippen LogP contribution in [0.25, 0.3) is 0 Å². The maximum atomic E-state index is 4.56. The van der Waals surface area contributed by atoms with Crippen LogP contribution in [-0.2, 0) is 6.54 Å². The number of nitrogens with one attached hydrogen (secondary N) is 1. The van der Waals surface area contributed by atoms with Gasteiger partial charge in [-0.05, 0) is 32.9 Å². The third-order valence-electron chi connectivity index (χ3n) is 4.70. The number of rotatable bonds is 4. The predicted molar refractivity (Wildman–Crippen MR) is 80.8 cm³/mol. The summed E-state index contributed by atoms with van der Waals surface area (Å²) in [5.74, 6) is 0.895. The van der Waals surface area contributed by atoms with Crippen molar-refractivity contribution in [3.63, 3.8) is 0 Å². The molecule has 0 aliphatic carbocycles. The van der Waals surface area contributed by atoms with Gasteiger partial charge in [0.05, 0.1) is 0 Å². The molecular weight excluding hydrogens is 250 g/mol. The van der Waals surface area contributed by atoms with Crippen LogP contribution in [0.15, 0.2) is 12.4 Å². The Labute approximate surface area is 121 Å². The maximum Gasteiger partial charge on any atom is 0.225 e. The minimum atomic E-state index is 0.674. The molecule has 2 bridgehead atoms. The van der Waals surface area contributed by atoms with E-state index >= 15 is 0 Å². The monoisotopic (exact) mass is 275 g/mol. The summed E-state index contributed by atoms with van der Waals surface area (Å²) in [6.45, 7) is 6.09. The number of nitrogens with zero attached hydrogens (tertiary/aromatic N) is 4. The van der Waals surface area contributed by atoms with Gasteiger partial charge in [0.25, 0.3) is 0 Å². The number of fused-ring (bicyclic) bond motifs is 2. The highest BCUT2D eigenvalue weighted by Crippen LogP contribution is 2.29. The normalized spacial score (nSPS) is 26.8. The lowest BCUT2D eigenvalue weighted by atomic mass is 10.1. The van der Waals surface area contributed by atoms with Gasteiger partial charge in [0.15, 0.2) is 0 Å². The van der Waals surface area contributed by atoms with Crippen LogP contribution in [-0.4, -0.2) is 53.6 Å². The average molecular weight is 275 g/mol. The van der Waals surface area contributed by atoms with Crippen LogP contribution >= 0.6 is 0 Å². The predicted octanol–water partition coefficient (Wildman–Crippen LogP) is 1.26. The zero-order valence-electron chi connectivity index (χ0n) is 12.5. The Morgan fingerprint density at radius 1 is 1.20 bits per heavy atom. The summed E-state index contributed by atoms with van der Waals surface area (Å²) >= 11 is 0. The molecule has 2 atom stereocenters. The quantitative estimate of drug-likeness (QED) is 0.896. The van der Waals surface area contributed by atoms with Gasteiger partial charge in [0.1, 0.15) is 0 Å². The summed E-state index contributed by atoms with van der Waals surface area (Å²) < 4.78 is 0. The zero-order chi connectivity index (χ0) is 13.9. The maximum absolute atomic E-state index is 4.56. The lowest BCUT2D eigenvalue weighted by Crippen LogP contribution is -2.37. The Morgan fingerprint density at radius 3 is 2.70 bits per heavy atom. The summed E-state index contributed by atoms with van der Waals surface area (Å²) in [6.07, 6.45) is 7.82. The Kier molecular flexibility index (Phi) is 4.17. The molecule has 2 fully saturated rings. The molecule has 1 aromatic heterocycles. The fourth-order valence-corrected chi connectivity index (χ4v) is 3.36. The molecule has 0 amide bonds. The molecule has 0 radical (unpaired) electrons. The van der Waals surface area contributed by atoms with Crippen molar-refractivity contribution in [2.75, 3.05) is 31.6 Å². The molecule has 0 saturated carbocycles. The Balaban J connectivity index is 1.67. The van der Waals surface area contributed by atoms with Crippen LogP contribution in [0.2, 0.25) is 0 Å². The van der Waals surface area contributed by atoms with Crippen molar-refractivity contribution >= 4 is 5.95 Å². The van der Waals surface area contributed by atoms with Crippen molar-refractivity contribution in [3.05, 3.63) is 18.0 Å². The summed E-state index contributed by atoms with van der Waals surface area (Å²) in [5.41, 5.74) is 1.16. The van der Waals surface area contributed by atoms with Gasteiger partial charge in [0.2, 0.25) is 5.95 Å². The SMILES string of the molecule is CCNCc1cnc(N2CCC3CCC(C2)N3C)nc1. The van der Waals surface area contributed by atoms with E-state index in [0.29, 0.717) is 6.04 Å². The van der Waals surface area contributed by atoms with Crippen LogP contribution in [0.1, 0.15) is 31.7 Å². The molecule has 2 saturated heterocycles. The van der Waals surface area contributed by atoms with Crippen molar-refractivity contribution in [2.24, 2.45) is 0 Å². The minimum absolute atomic E-state index is 0.674. The Bertz CT molecular complexity index is 432. The smallest absolute Gasteiger partial charge is 0.225 e. The Hall–Kier alpha value is -1.20. The van der Waals surface area contributed by atoms with Crippen molar-refractivity contribution in [2.45, 2.75) is 44.8 Å². The molecule has 2 aliphatic heterocycles. The van der Waals surface area contributed by atoms with Gasteiger partial charge in [-0.3, -0.25) is 4.90 Å². The molecular formula is C15H25N5. The molecule has 0 spiro atoms. The molecule has 2 aliphatic rings. The van der Waals surface area contributed by atoms with E-state index in [1.54, 1.807) is 0 Å². The van der Waals surface area contributed by atoms with Gasteiger partial charge >= 0.3 is 0 Å². The first-order valence-electron chi connectivity index (χ1n) is 7.76. The van der Waals surface area contributed by atoms with E-state index in [-0.39, 0.29) is 0 Å². The van der Waals surface area contributed by atoms with E-state index in [1.165, 1.54) is 19.3 Å². The standard InChI is InChI=1S/C15H25N5/c1-3-16-8-12-9-17-15(18-10-12)20-7-6-13-4-5-14(11-20)19(13)2/h9-10,13-14,16H,3-8,11H2,1-2H3.